The van der Waals surface area contributed by atoms with Crippen molar-refractivity contribution in [3.05, 3.63) is 36.4 Å². The Kier molecular flexibility index (Phi) is 3.25. The fourth-order valence-electron chi connectivity index (χ4n) is 1.52. The molecule has 1 atom stereocenters. The molecule has 2 aromatic rings. The molecule has 0 bridgehead atoms. The second-order valence-corrected chi connectivity index (χ2v) is 3.99. The first-order chi connectivity index (χ1) is 7.79. The van der Waals surface area contributed by atoms with Gasteiger partial charge in [-0.15, -0.1) is 0 Å². The topological polar surface area (TPSA) is 40.7 Å². The lowest BCUT2D eigenvalue weighted by Crippen LogP contribution is -2.13. The molecule has 2 N–H and O–H groups in total. The highest BCUT2D eigenvalue weighted by atomic mass is 15.2. The number of benzene rings is 1. The molecule has 0 saturated heterocycles. The summed E-state index contributed by atoms with van der Waals surface area (Å²) in [5.74, 6) is 0.910. The van der Waals surface area contributed by atoms with E-state index in [2.05, 4.69) is 41.5 Å². The van der Waals surface area contributed by atoms with Gasteiger partial charge in [0.1, 0.15) is 5.82 Å². The number of H-pyrrole nitrogens is 1. The Hall–Kier alpha value is -1.77. The number of aromatic nitrogens is 2. The van der Waals surface area contributed by atoms with E-state index in [-0.39, 0.29) is 0 Å². The molecule has 0 aliphatic rings. The van der Waals surface area contributed by atoms with E-state index in [0.717, 1.165) is 23.5 Å². The van der Waals surface area contributed by atoms with Crippen molar-refractivity contribution < 1.29 is 0 Å². The molecule has 2 rings (SSSR count). The van der Waals surface area contributed by atoms with E-state index in [9.17, 15) is 0 Å². The number of hydrogen-bond acceptors (Lipinski definition) is 2. The van der Waals surface area contributed by atoms with Crippen LogP contribution in [-0.2, 0) is 0 Å². The lowest BCUT2D eigenvalue weighted by Gasteiger charge is -2.08. The standard InChI is InChI=1S/C13H17N3/c1-3-10(2)14-13-9-12(15-16-13)11-7-5-4-6-8-11/h4-10H,3H2,1-2H3,(H2,14,15,16). The van der Waals surface area contributed by atoms with E-state index >= 15 is 0 Å². The normalized spacial score (nSPS) is 12.4. The number of rotatable bonds is 4. The van der Waals surface area contributed by atoms with Gasteiger partial charge in [-0.3, -0.25) is 5.10 Å². The maximum Gasteiger partial charge on any atom is 0.148 e. The first kappa shape index (κ1) is 10.7. The van der Waals surface area contributed by atoms with E-state index in [0.29, 0.717) is 6.04 Å². The Bertz CT molecular complexity index is 433. The van der Waals surface area contributed by atoms with Gasteiger partial charge >= 0.3 is 0 Å². The second-order valence-electron chi connectivity index (χ2n) is 3.99. The van der Waals surface area contributed by atoms with Crippen molar-refractivity contribution in [2.75, 3.05) is 5.32 Å². The summed E-state index contributed by atoms with van der Waals surface area (Å²) in [4.78, 5) is 0. The maximum absolute atomic E-state index is 4.24. The number of anilines is 1. The molecule has 3 heteroatoms. The highest BCUT2D eigenvalue weighted by Gasteiger charge is 2.04. The lowest BCUT2D eigenvalue weighted by atomic mass is 10.1. The van der Waals surface area contributed by atoms with Crippen LogP contribution >= 0.6 is 0 Å². The van der Waals surface area contributed by atoms with Gasteiger partial charge in [-0.1, -0.05) is 37.3 Å². The summed E-state index contributed by atoms with van der Waals surface area (Å²) in [6.07, 6.45) is 1.09. The molecule has 0 saturated carbocycles. The third-order valence-corrected chi connectivity index (χ3v) is 2.67. The Morgan fingerprint density at radius 2 is 2.06 bits per heavy atom. The zero-order valence-electron chi connectivity index (χ0n) is 9.70. The van der Waals surface area contributed by atoms with Gasteiger partial charge in [-0.05, 0) is 18.9 Å². The van der Waals surface area contributed by atoms with Gasteiger partial charge in [0.2, 0.25) is 0 Å². The van der Waals surface area contributed by atoms with Gasteiger partial charge in [0.25, 0.3) is 0 Å². The van der Waals surface area contributed by atoms with Crippen LogP contribution < -0.4 is 5.32 Å². The van der Waals surface area contributed by atoms with Crippen molar-refractivity contribution in [1.82, 2.24) is 10.2 Å². The Morgan fingerprint density at radius 1 is 1.31 bits per heavy atom. The molecule has 84 valence electrons. The molecule has 3 nitrogen and oxygen atoms in total. The minimum absolute atomic E-state index is 0.451. The van der Waals surface area contributed by atoms with Crippen LogP contribution in [0.3, 0.4) is 0 Å². The van der Waals surface area contributed by atoms with Crippen LogP contribution in [0.5, 0.6) is 0 Å². The summed E-state index contributed by atoms with van der Waals surface area (Å²) in [7, 11) is 0. The molecule has 1 unspecified atom stereocenters. The van der Waals surface area contributed by atoms with Crippen LogP contribution in [0.1, 0.15) is 20.3 Å². The molecular formula is C13H17N3. The molecule has 0 radical (unpaired) electrons. The van der Waals surface area contributed by atoms with Crippen LogP contribution in [-0.4, -0.2) is 16.2 Å². The fourth-order valence-corrected chi connectivity index (χ4v) is 1.52. The minimum atomic E-state index is 0.451. The largest absolute Gasteiger partial charge is 0.366 e. The van der Waals surface area contributed by atoms with Crippen molar-refractivity contribution in [1.29, 1.82) is 0 Å². The van der Waals surface area contributed by atoms with E-state index in [1.165, 1.54) is 0 Å². The second kappa shape index (κ2) is 4.84. The molecular weight excluding hydrogens is 198 g/mol. The van der Waals surface area contributed by atoms with Gasteiger partial charge in [0, 0.05) is 12.1 Å². The van der Waals surface area contributed by atoms with Crippen molar-refractivity contribution in [2.45, 2.75) is 26.3 Å². The molecule has 0 aliphatic heterocycles. The molecule has 0 aliphatic carbocycles. The predicted molar refractivity (Wildman–Crippen MR) is 67.4 cm³/mol. The highest BCUT2D eigenvalue weighted by Crippen LogP contribution is 2.19. The van der Waals surface area contributed by atoms with Crippen LogP contribution in [0.4, 0.5) is 5.82 Å². The van der Waals surface area contributed by atoms with Crippen molar-refractivity contribution >= 4 is 5.82 Å². The predicted octanol–water partition coefficient (Wildman–Crippen LogP) is 3.29. The number of nitrogens with one attached hydrogen (secondary N) is 2. The van der Waals surface area contributed by atoms with Gasteiger partial charge in [-0.25, -0.2) is 0 Å². The van der Waals surface area contributed by atoms with Crippen molar-refractivity contribution in [3.63, 3.8) is 0 Å². The van der Waals surface area contributed by atoms with E-state index in [1.807, 2.05) is 24.3 Å². The summed E-state index contributed by atoms with van der Waals surface area (Å²) in [6.45, 7) is 4.30. The van der Waals surface area contributed by atoms with Crippen LogP contribution in [0.2, 0.25) is 0 Å². The Balaban J connectivity index is 2.14. The molecule has 0 spiro atoms. The number of hydrogen-bond donors (Lipinski definition) is 2. The molecule has 0 fully saturated rings. The third-order valence-electron chi connectivity index (χ3n) is 2.67. The fraction of sp³-hybridized carbons (Fsp3) is 0.308. The maximum atomic E-state index is 4.24. The SMILES string of the molecule is CCC(C)Nc1cc(-c2ccccc2)[nH]n1. The van der Waals surface area contributed by atoms with E-state index in [4.69, 9.17) is 0 Å². The molecule has 16 heavy (non-hydrogen) atoms. The summed E-state index contributed by atoms with van der Waals surface area (Å²) in [6, 6.07) is 12.7. The van der Waals surface area contributed by atoms with Crippen LogP contribution in [0.15, 0.2) is 36.4 Å². The highest BCUT2D eigenvalue weighted by molar-refractivity contribution is 5.62. The monoisotopic (exact) mass is 215 g/mol. The first-order valence-electron chi connectivity index (χ1n) is 5.67. The number of nitrogens with zero attached hydrogens (tertiary/aromatic N) is 1. The minimum Gasteiger partial charge on any atom is -0.366 e. The van der Waals surface area contributed by atoms with Crippen molar-refractivity contribution in [2.24, 2.45) is 0 Å². The lowest BCUT2D eigenvalue weighted by molar-refractivity contribution is 0.758. The zero-order valence-corrected chi connectivity index (χ0v) is 9.70. The summed E-state index contributed by atoms with van der Waals surface area (Å²) in [5, 5.41) is 10.6. The van der Waals surface area contributed by atoms with Crippen LogP contribution in [0, 0.1) is 0 Å². The Morgan fingerprint density at radius 3 is 2.75 bits per heavy atom. The number of aromatic amines is 1. The summed E-state index contributed by atoms with van der Waals surface area (Å²) < 4.78 is 0. The molecule has 1 heterocycles. The quantitative estimate of drug-likeness (QED) is 0.821. The van der Waals surface area contributed by atoms with Gasteiger partial charge in [0.05, 0.1) is 5.69 Å². The third kappa shape index (κ3) is 2.42. The average molecular weight is 215 g/mol. The summed E-state index contributed by atoms with van der Waals surface area (Å²) in [5.41, 5.74) is 2.21. The van der Waals surface area contributed by atoms with Crippen LogP contribution in [0.25, 0.3) is 11.3 Å². The molecule has 1 aromatic carbocycles. The smallest absolute Gasteiger partial charge is 0.148 e. The summed E-state index contributed by atoms with van der Waals surface area (Å²) >= 11 is 0. The average Bonchev–Trinajstić information content (AvgIpc) is 2.78. The van der Waals surface area contributed by atoms with Gasteiger partial charge in [-0.2, -0.15) is 5.10 Å². The zero-order chi connectivity index (χ0) is 11.4. The van der Waals surface area contributed by atoms with Gasteiger partial charge < -0.3 is 5.32 Å². The van der Waals surface area contributed by atoms with E-state index in [1.54, 1.807) is 0 Å². The van der Waals surface area contributed by atoms with Gasteiger partial charge in [0.15, 0.2) is 0 Å². The first-order valence-corrected chi connectivity index (χ1v) is 5.67. The molecule has 1 aromatic heterocycles. The Labute approximate surface area is 95.9 Å². The van der Waals surface area contributed by atoms with Crippen molar-refractivity contribution in [3.8, 4) is 11.3 Å². The molecule has 0 amide bonds. The van der Waals surface area contributed by atoms with E-state index < -0.39 is 0 Å².